The van der Waals surface area contributed by atoms with E-state index in [2.05, 4.69) is 55.2 Å². The molecule has 0 aliphatic carbocycles. The van der Waals surface area contributed by atoms with Gasteiger partial charge in [0, 0.05) is 5.69 Å². The zero-order valence-corrected chi connectivity index (χ0v) is 22.2. The van der Waals surface area contributed by atoms with Crippen molar-refractivity contribution in [1.82, 2.24) is 9.97 Å². The Hall–Kier alpha value is -3.33. The van der Waals surface area contributed by atoms with Gasteiger partial charge in [-0.05, 0) is 46.8 Å². The fourth-order valence-corrected chi connectivity index (χ4v) is 5.39. The number of pyridine rings is 2. The van der Waals surface area contributed by atoms with Gasteiger partial charge in [0.25, 0.3) is 0 Å². The van der Waals surface area contributed by atoms with Crippen LogP contribution in [-0.2, 0) is 21.1 Å². The number of hydrogen-bond donors (Lipinski definition) is 0. The minimum Gasteiger partial charge on any atom is -0.422 e. The first kappa shape index (κ1) is 23.4. The van der Waals surface area contributed by atoms with Crippen molar-refractivity contribution in [2.24, 2.45) is 0 Å². The van der Waals surface area contributed by atoms with Gasteiger partial charge in [-0.25, -0.2) is 0 Å². The monoisotopic (exact) mass is 651 g/mol. The molecule has 0 radical (unpaired) electrons. The van der Waals surface area contributed by atoms with Crippen molar-refractivity contribution < 1.29 is 25.8 Å². The molecule has 0 saturated heterocycles. The number of nitrogens with zero attached hydrogens (tertiary/aromatic N) is 2. The van der Waals surface area contributed by atoms with Crippen molar-refractivity contribution in [2.45, 2.75) is 13.8 Å². The summed E-state index contributed by atoms with van der Waals surface area (Å²) in [5.74, 6) is 0.994. The summed E-state index contributed by atoms with van der Waals surface area (Å²) in [6.07, 6.45) is 0. The van der Waals surface area contributed by atoms with Gasteiger partial charge in [0.05, 0.1) is 0 Å². The average Bonchev–Trinajstić information content (AvgIpc) is 3.18. The minimum absolute atomic E-state index is 0. The van der Waals surface area contributed by atoms with Crippen LogP contribution in [0.15, 0.2) is 84.9 Å². The van der Waals surface area contributed by atoms with Gasteiger partial charge in [0.15, 0.2) is 0 Å². The predicted molar refractivity (Wildman–Crippen MR) is 139 cm³/mol. The second-order valence-electron chi connectivity index (χ2n) is 8.13. The van der Waals surface area contributed by atoms with Crippen molar-refractivity contribution in [1.29, 1.82) is 0 Å². The number of fused-ring (bicyclic) bond motifs is 3. The van der Waals surface area contributed by atoms with E-state index in [-0.39, 0.29) is 21.1 Å². The van der Waals surface area contributed by atoms with E-state index in [1.807, 2.05) is 60.7 Å². The summed E-state index contributed by atoms with van der Waals surface area (Å²) in [5.41, 5.74) is 4.88. The van der Waals surface area contributed by atoms with E-state index < -0.39 is 0 Å². The van der Waals surface area contributed by atoms with Crippen LogP contribution in [0.2, 0.25) is 0 Å². The molecule has 0 bridgehead atoms. The van der Waals surface area contributed by atoms with Gasteiger partial charge in [0.1, 0.15) is 0 Å². The molecule has 3 nitrogen and oxygen atoms in total. The Morgan fingerprint density at radius 3 is 2.26 bits per heavy atom. The molecular weight excluding hydrogens is 631 g/mol. The molecular formula is C30H20N2OPtS. The largest absolute Gasteiger partial charge is 2.00 e. The predicted octanol–water partition coefficient (Wildman–Crippen LogP) is 8.19. The average molecular weight is 652 g/mol. The van der Waals surface area contributed by atoms with E-state index in [0.717, 1.165) is 27.9 Å². The van der Waals surface area contributed by atoms with Crippen LogP contribution in [0.25, 0.3) is 43.4 Å². The van der Waals surface area contributed by atoms with Crippen LogP contribution in [-0.4, -0.2) is 9.97 Å². The fourth-order valence-electron chi connectivity index (χ4n) is 4.20. The van der Waals surface area contributed by atoms with Crippen LogP contribution < -0.4 is 4.74 Å². The molecule has 0 spiro atoms. The van der Waals surface area contributed by atoms with E-state index in [9.17, 15) is 0 Å². The van der Waals surface area contributed by atoms with E-state index in [4.69, 9.17) is 9.72 Å². The second-order valence-corrected chi connectivity index (χ2v) is 9.36. The molecule has 3 aromatic carbocycles. The maximum absolute atomic E-state index is 6.08. The van der Waals surface area contributed by atoms with Crippen LogP contribution in [0.5, 0.6) is 11.8 Å². The minimum atomic E-state index is 0. The summed E-state index contributed by atoms with van der Waals surface area (Å²) in [5, 5.41) is 3.61. The van der Waals surface area contributed by atoms with Crippen molar-refractivity contribution in [3.8, 4) is 34.3 Å². The molecule has 3 heterocycles. The molecule has 0 N–H and O–H groups in total. The van der Waals surface area contributed by atoms with Gasteiger partial charge in [-0.2, -0.15) is 11.3 Å². The maximum atomic E-state index is 6.08. The first-order valence-corrected chi connectivity index (χ1v) is 11.9. The number of aryl methyl sites for hydroxylation is 2. The summed E-state index contributed by atoms with van der Waals surface area (Å²) in [7, 11) is 0. The topological polar surface area (TPSA) is 35.0 Å². The fraction of sp³-hybridized carbons (Fsp3) is 0.0667. The Bertz CT molecular complexity index is 1660. The second kappa shape index (κ2) is 9.73. The Morgan fingerprint density at radius 1 is 0.771 bits per heavy atom. The van der Waals surface area contributed by atoms with Crippen LogP contribution in [0, 0.1) is 26.0 Å². The maximum Gasteiger partial charge on any atom is 2.00 e. The summed E-state index contributed by atoms with van der Waals surface area (Å²) < 4.78 is 7.29. The summed E-state index contributed by atoms with van der Waals surface area (Å²) in [6.45, 7) is 4.37. The zero-order chi connectivity index (χ0) is 23.1. The van der Waals surface area contributed by atoms with Gasteiger partial charge in [-0.15, -0.1) is 53.4 Å². The molecule has 0 amide bonds. The summed E-state index contributed by atoms with van der Waals surface area (Å²) >= 11 is 1.80. The zero-order valence-electron chi connectivity index (χ0n) is 19.1. The molecule has 0 aliphatic heterocycles. The molecule has 172 valence electrons. The molecule has 0 saturated carbocycles. The summed E-state index contributed by atoms with van der Waals surface area (Å²) in [4.78, 5) is 10.8. The van der Waals surface area contributed by atoms with Crippen LogP contribution in [0.4, 0.5) is 0 Å². The third kappa shape index (κ3) is 4.40. The van der Waals surface area contributed by atoms with E-state index in [1.54, 1.807) is 11.3 Å². The number of ether oxygens (including phenoxy) is 1. The number of aromatic nitrogens is 2. The molecule has 3 aromatic heterocycles. The molecule has 0 fully saturated rings. The number of thiophene rings is 1. The molecule has 35 heavy (non-hydrogen) atoms. The van der Waals surface area contributed by atoms with E-state index >= 15 is 0 Å². The molecule has 0 unspecified atom stereocenters. The van der Waals surface area contributed by atoms with Gasteiger partial charge in [-0.3, -0.25) is 9.97 Å². The van der Waals surface area contributed by atoms with Gasteiger partial charge in [-0.1, -0.05) is 58.8 Å². The Labute approximate surface area is 222 Å². The number of hydrogen-bond acceptors (Lipinski definition) is 4. The molecule has 0 aliphatic rings. The van der Waals surface area contributed by atoms with Gasteiger partial charge >= 0.3 is 21.1 Å². The first-order valence-electron chi connectivity index (χ1n) is 11.1. The van der Waals surface area contributed by atoms with Crippen LogP contribution >= 0.6 is 11.3 Å². The third-order valence-corrected chi connectivity index (χ3v) is 7.19. The Morgan fingerprint density at radius 2 is 1.49 bits per heavy atom. The van der Waals surface area contributed by atoms with Crippen molar-refractivity contribution >= 4 is 32.2 Å². The Balaban J connectivity index is 0.00000253. The third-order valence-electron chi connectivity index (χ3n) is 5.97. The molecule has 6 aromatic rings. The van der Waals surface area contributed by atoms with Crippen LogP contribution in [0.1, 0.15) is 10.4 Å². The van der Waals surface area contributed by atoms with Crippen molar-refractivity contribution in [2.75, 3.05) is 0 Å². The number of rotatable bonds is 4. The molecule has 0 atom stereocenters. The van der Waals surface area contributed by atoms with Crippen molar-refractivity contribution in [3.05, 3.63) is 108 Å². The van der Waals surface area contributed by atoms with E-state index in [1.165, 1.54) is 25.9 Å². The van der Waals surface area contributed by atoms with Crippen LogP contribution in [0.3, 0.4) is 0 Å². The van der Waals surface area contributed by atoms with Gasteiger partial charge < -0.3 is 4.74 Å². The molecule has 5 heteroatoms. The molecule has 6 rings (SSSR count). The van der Waals surface area contributed by atoms with E-state index in [0.29, 0.717) is 11.8 Å². The van der Waals surface area contributed by atoms with Crippen molar-refractivity contribution in [3.63, 3.8) is 0 Å². The van der Waals surface area contributed by atoms with Gasteiger partial charge in [0.2, 0.25) is 11.8 Å². The summed E-state index contributed by atoms with van der Waals surface area (Å²) in [6, 6.07) is 34.6. The Kier molecular flexibility index (Phi) is 6.51. The number of benzene rings is 3. The SMILES string of the molecule is Cc1sc2c(-c3cccc(Oc4cccc(-c5[c-]cccc5)n4)n3)[c-]c3ccccc3c2c1C.[Pt+2]. The quantitative estimate of drug-likeness (QED) is 0.181. The normalized spacial score (nSPS) is 10.9. The smallest absolute Gasteiger partial charge is 0.422 e. The first-order chi connectivity index (χ1) is 16.7. The standard InChI is InChI=1S/C30H20N2OS.Pt/c1-19-20(2)34-30-24(18-22-12-6-7-13-23(22)29(19)30)26-15-9-17-28(32-26)33-27-16-8-14-25(31-27)21-10-4-3-5-11-21;/h3-10,12-17H,1-2H3;/q-2;+2.